The van der Waals surface area contributed by atoms with Crippen molar-refractivity contribution in [2.45, 2.75) is 13.8 Å². The summed E-state index contributed by atoms with van der Waals surface area (Å²) in [5, 5.41) is 2.18. The molecule has 0 radical (unpaired) electrons. The van der Waals surface area contributed by atoms with Crippen LogP contribution in [0.5, 0.6) is 0 Å². The van der Waals surface area contributed by atoms with Crippen LogP contribution in [0.1, 0.15) is 11.3 Å². The second-order valence-electron chi connectivity index (χ2n) is 5.76. The standard InChI is InChI=1S/C19H17N2O/c1-12-8-9-16(21(3)11-12)18-13(2)20-10-15-14-6-4-5-7-17(14)22-19(15)18/h4-11H,1-3H3/q+1. The number of nitrogens with zero attached hydrogens (tertiary/aromatic N) is 2. The van der Waals surface area contributed by atoms with Crippen LogP contribution < -0.4 is 4.57 Å². The molecule has 0 unspecified atom stereocenters. The highest BCUT2D eigenvalue weighted by atomic mass is 16.3. The van der Waals surface area contributed by atoms with Gasteiger partial charge in [-0.05, 0) is 26.0 Å². The summed E-state index contributed by atoms with van der Waals surface area (Å²) in [7, 11) is 2.06. The Morgan fingerprint density at radius 1 is 1.00 bits per heavy atom. The average molecular weight is 289 g/mol. The number of benzene rings is 1. The van der Waals surface area contributed by atoms with Gasteiger partial charge in [-0.1, -0.05) is 18.2 Å². The van der Waals surface area contributed by atoms with Gasteiger partial charge in [0, 0.05) is 28.6 Å². The number of hydrogen-bond acceptors (Lipinski definition) is 2. The lowest BCUT2D eigenvalue weighted by Gasteiger charge is -2.05. The predicted octanol–water partition coefficient (Wildman–Crippen LogP) is 4.09. The third-order valence-corrected chi connectivity index (χ3v) is 4.15. The van der Waals surface area contributed by atoms with E-state index in [1.54, 1.807) is 0 Å². The fourth-order valence-corrected chi connectivity index (χ4v) is 3.08. The average Bonchev–Trinajstić information content (AvgIpc) is 2.87. The molecule has 0 aliphatic heterocycles. The Bertz CT molecular complexity index is 1010. The Kier molecular flexibility index (Phi) is 2.76. The molecule has 0 N–H and O–H groups in total. The molecular weight excluding hydrogens is 272 g/mol. The van der Waals surface area contributed by atoms with Gasteiger partial charge in [-0.2, -0.15) is 0 Å². The molecule has 0 fully saturated rings. The molecule has 1 aromatic carbocycles. The van der Waals surface area contributed by atoms with Crippen molar-refractivity contribution in [3.05, 3.63) is 60.0 Å². The van der Waals surface area contributed by atoms with E-state index >= 15 is 0 Å². The highest BCUT2D eigenvalue weighted by Crippen LogP contribution is 2.35. The Balaban J connectivity index is 2.14. The van der Waals surface area contributed by atoms with Gasteiger partial charge < -0.3 is 4.42 Å². The topological polar surface area (TPSA) is 29.9 Å². The first-order chi connectivity index (χ1) is 10.6. The zero-order valence-corrected chi connectivity index (χ0v) is 12.9. The predicted molar refractivity (Wildman–Crippen MR) is 87.6 cm³/mol. The van der Waals surface area contributed by atoms with Crippen molar-refractivity contribution in [3.63, 3.8) is 0 Å². The summed E-state index contributed by atoms with van der Waals surface area (Å²) in [4.78, 5) is 4.60. The fourth-order valence-electron chi connectivity index (χ4n) is 3.08. The van der Waals surface area contributed by atoms with E-state index < -0.39 is 0 Å². The van der Waals surface area contributed by atoms with Crippen molar-refractivity contribution in [2.24, 2.45) is 7.05 Å². The van der Waals surface area contributed by atoms with E-state index in [1.807, 2.05) is 31.3 Å². The largest absolute Gasteiger partial charge is 0.455 e. The Morgan fingerprint density at radius 3 is 2.64 bits per heavy atom. The molecule has 0 saturated carbocycles. The SMILES string of the molecule is Cc1ccc(-c2c(C)ncc3c2oc2ccccc23)[n+](C)c1. The summed E-state index contributed by atoms with van der Waals surface area (Å²) in [5.41, 5.74) is 6.20. The highest BCUT2D eigenvalue weighted by molar-refractivity contribution is 6.08. The van der Waals surface area contributed by atoms with E-state index in [0.29, 0.717) is 0 Å². The minimum atomic E-state index is 0.904. The molecule has 0 spiro atoms. The van der Waals surface area contributed by atoms with Gasteiger partial charge in [-0.25, -0.2) is 4.57 Å². The zero-order chi connectivity index (χ0) is 15.3. The van der Waals surface area contributed by atoms with Gasteiger partial charge in [-0.3, -0.25) is 4.98 Å². The van der Waals surface area contributed by atoms with Crippen LogP contribution in [0.2, 0.25) is 0 Å². The third kappa shape index (κ3) is 1.82. The van der Waals surface area contributed by atoms with E-state index in [4.69, 9.17) is 4.42 Å². The number of fused-ring (bicyclic) bond motifs is 3. The summed E-state index contributed by atoms with van der Waals surface area (Å²) in [6.07, 6.45) is 4.03. The van der Waals surface area contributed by atoms with Crippen molar-refractivity contribution in [1.29, 1.82) is 0 Å². The van der Waals surface area contributed by atoms with Crippen LogP contribution in [-0.2, 0) is 7.05 Å². The molecule has 4 aromatic rings. The zero-order valence-electron chi connectivity index (χ0n) is 12.9. The Labute approximate surface area is 128 Å². The van der Waals surface area contributed by atoms with Crippen LogP contribution in [0.4, 0.5) is 0 Å². The molecule has 3 heteroatoms. The Morgan fingerprint density at radius 2 is 1.82 bits per heavy atom. The molecule has 3 nitrogen and oxygen atoms in total. The second-order valence-corrected chi connectivity index (χ2v) is 5.76. The van der Waals surface area contributed by atoms with Crippen LogP contribution in [0.15, 0.2) is 53.2 Å². The maximum atomic E-state index is 6.15. The van der Waals surface area contributed by atoms with Crippen molar-refractivity contribution >= 4 is 21.9 Å². The van der Waals surface area contributed by atoms with Crippen molar-refractivity contribution in [2.75, 3.05) is 0 Å². The minimum absolute atomic E-state index is 0.904. The van der Waals surface area contributed by atoms with Gasteiger partial charge >= 0.3 is 0 Å². The van der Waals surface area contributed by atoms with Crippen LogP contribution in [0.3, 0.4) is 0 Å². The third-order valence-electron chi connectivity index (χ3n) is 4.15. The molecule has 3 aromatic heterocycles. The quantitative estimate of drug-likeness (QED) is 0.494. The monoisotopic (exact) mass is 289 g/mol. The lowest BCUT2D eigenvalue weighted by molar-refractivity contribution is -0.660. The molecule has 0 aliphatic carbocycles. The van der Waals surface area contributed by atoms with Crippen LogP contribution >= 0.6 is 0 Å². The minimum Gasteiger partial charge on any atom is -0.455 e. The summed E-state index contributed by atoms with van der Waals surface area (Å²) in [5.74, 6) is 0. The van der Waals surface area contributed by atoms with Gasteiger partial charge in [0.15, 0.2) is 11.8 Å². The van der Waals surface area contributed by atoms with Crippen LogP contribution in [0, 0.1) is 13.8 Å². The lowest BCUT2D eigenvalue weighted by atomic mass is 10.1. The second kappa shape index (κ2) is 4.67. The van der Waals surface area contributed by atoms with Gasteiger partial charge in [0.25, 0.3) is 0 Å². The van der Waals surface area contributed by atoms with Gasteiger partial charge in [0.05, 0.1) is 5.69 Å². The maximum Gasteiger partial charge on any atom is 0.217 e. The van der Waals surface area contributed by atoms with Crippen molar-refractivity contribution in [3.8, 4) is 11.3 Å². The summed E-state index contributed by atoms with van der Waals surface area (Å²) in [6.45, 7) is 4.12. The van der Waals surface area contributed by atoms with E-state index in [1.165, 1.54) is 5.56 Å². The normalized spacial score (nSPS) is 11.4. The first kappa shape index (κ1) is 13.0. The van der Waals surface area contributed by atoms with Gasteiger partial charge in [0.1, 0.15) is 18.2 Å². The van der Waals surface area contributed by atoms with Crippen molar-refractivity contribution in [1.82, 2.24) is 4.98 Å². The number of hydrogen-bond donors (Lipinski definition) is 0. The van der Waals surface area contributed by atoms with E-state index in [2.05, 4.69) is 47.9 Å². The molecular formula is C19H17N2O+. The van der Waals surface area contributed by atoms with E-state index in [9.17, 15) is 0 Å². The Hall–Kier alpha value is -2.68. The number of rotatable bonds is 1. The number of pyridine rings is 2. The number of aromatic nitrogens is 2. The fraction of sp³-hybridized carbons (Fsp3) is 0.158. The first-order valence-corrected chi connectivity index (χ1v) is 7.38. The van der Waals surface area contributed by atoms with Crippen LogP contribution in [0.25, 0.3) is 33.2 Å². The molecule has 22 heavy (non-hydrogen) atoms. The molecule has 0 atom stereocenters. The van der Waals surface area contributed by atoms with Crippen LogP contribution in [-0.4, -0.2) is 4.98 Å². The van der Waals surface area contributed by atoms with Crippen molar-refractivity contribution < 1.29 is 8.98 Å². The molecule has 108 valence electrons. The van der Waals surface area contributed by atoms with Gasteiger partial charge in [-0.15, -0.1) is 0 Å². The molecule has 0 amide bonds. The number of furan rings is 1. The van der Waals surface area contributed by atoms with E-state index in [-0.39, 0.29) is 0 Å². The van der Waals surface area contributed by atoms with Gasteiger partial charge in [0.2, 0.25) is 5.69 Å². The molecule has 0 aliphatic rings. The number of aryl methyl sites for hydroxylation is 3. The van der Waals surface area contributed by atoms with E-state index in [0.717, 1.165) is 38.9 Å². The summed E-state index contributed by atoms with van der Waals surface area (Å²) < 4.78 is 8.28. The molecule has 4 rings (SSSR count). The summed E-state index contributed by atoms with van der Waals surface area (Å²) in [6, 6.07) is 12.4. The molecule has 0 bridgehead atoms. The number of para-hydroxylation sites is 1. The molecule has 3 heterocycles. The lowest BCUT2D eigenvalue weighted by Crippen LogP contribution is -2.31. The highest BCUT2D eigenvalue weighted by Gasteiger charge is 2.21. The molecule has 0 saturated heterocycles. The summed E-state index contributed by atoms with van der Waals surface area (Å²) >= 11 is 0. The smallest absolute Gasteiger partial charge is 0.217 e. The first-order valence-electron chi connectivity index (χ1n) is 7.38. The maximum absolute atomic E-state index is 6.15.